The highest BCUT2D eigenvalue weighted by molar-refractivity contribution is 5.91. The fraction of sp³-hybridized carbons (Fsp3) is 0. The Balaban J connectivity index is 0.00000108. The van der Waals surface area contributed by atoms with E-state index in [9.17, 15) is 0 Å². The molecule has 0 bridgehead atoms. The van der Waals surface area contributed by atoms with Crippen LogP contribution in [0.2, 0.25) is 0 Å². The van der Waals surface area contributed by atoms with E-state index in [-0.39, 0.29) is 12.4 Å². The maximum Gasteiger partial charge on any atom is 0.0761 e. The van der Waals surface area contributed by atoms with Crippen LogP contribution in [0, 0.1) is 0 Å². The van der Waals surface area contributed by atoms with Gasteiger partial charge in [0.1, 0.15) is 0 Å². The van der Waals surface area contributed by atoms with Gasteiger partial charge >= 0.3 is 0 Å². The van der Waals surface area contributed by atoms with Crippen LogP contribution in [-0.2, 0) is 0 Å². The van der Waals surface area contributed by atoms with E-state index in [1.807, 2.05) is 53.2 Å². The number of para-hydroxylation sites is 1. The number of benzene rings is 2. The average Bonchev–Trinajstić information content (AvgIpc) is 2.75. The molecule has 0 radical (unpaired) electrons. The second-order valence-electron chi connectivity index (χ2n) is 3.67. The van der Waals surface area contributed by atoms with Gasteiger partial charge in [-0.15, -0.1) is 12.4 Å². The van der Waals surface area contributed by atoms with Crippen molar-refractivity contribution in [2.24, 2.45) is 0 Å². The number of nitrogens with zero attached hydrogens (tertiary/aromatic N) is 2. The molecule has 0 amide bonds. The summed E-state index contributed by atoms with van der Waals surface area (Å²) in [6.07, 6.45) is 1.80. The molecule has 2 aromatic carbocycles. The molecule has 0 aliphatic heterocycles. The van der Waals surface area contributed by atoms with Gasteiger partial charge in [0, 0.05) is 11.1 Å². The number of halogens is 1. The molecule has 0 aliphatic rings. The van der Waals surface area contributed by atoms with E-state index in [4.69, 9.17) is 5.73 Å². The number of aromatic nitrogens is 2. The van der Waals surface area contributed by atoms with Crippen molar-refractivity contribution in [1.29, 1.82) is 0 Å². The van der Waals surface area contributed by atoms with Crippen LogP contribution in [0.15, 0.2) is 54.7 Å². The Kier molecular flexibility index (Phi) is 3.02. The number of hydrogen-bond acceptors (Lipinski definition) is 2. The van der Waals surface area contributed by atoms with Gasteiger partial charge in [0.15, 0.2) is 0 Å². The molecule has 0 spiro atoms. The number of nitrogen functional groups attached to an aromatic ring is 1. The molecule has 3 nitrogen and oxygen atoms in total. The van der Waals surface area contributed by atoms with Crippen LogP contribution in [0.5, 0.6) is 0 Å². The van der Waals surface area contributed by atoms with Crippen molar-refractivity contribution < 1.29 is 0 Å². The maximum atomic E-state index is 5.89. The lowest BCUT2D eigenvalue weighted by atomic mass is 10.2. The average molecular weight is 246 g/mol. The normalized spacial score (nSPS) is 10.1. The van der Waals surface area contributed by atoms with E-state index in [0.29, 0.717) is 0 Å². The Hall–Kier alpha value is -2.00. The van der Waals surface area contributed by atoms with E-state index in [0.717, 1.165) is 22.3 Å². The third kappa shape index (κ3) is 1.85. The zero-order chi connectivity index (χ0) is 11.0. The van der Waals surface area contributed by atoms with Crippen molar-refractivity contribution in [3.05, 3.63) is 54.7 Å². The van der Waals surface area contributed by atoms with Gasteiger partial charge in [0.2, 0.25) is 0 Å². The molecule has 2 N–H and O–H groups in total. The van der Waals surface area contributed by atoms with Gasteiger partial charge < -0.3 is 5.73 Å². The van der Waals surface area contributed by atoms with E-state index >= 15 is 0 Å². The molecule has 4 heteroatoms. The van der Waals surface area contributed by atoms with Crippen LogP contribution in [-0.4, -0.2) is 9.78 Å². The minimum absolute atomic E-state index is 0. The van der Waals surface area contributed by atoms with Gasteiger partial charge in [-0.3, -0.25) is 0 Å². The monoisotopic (exact) mass is 245 g/mol. The van der Waals surface area contributed by atoms with Crippen molar-refractivity contribution in [2.75, 3.05) is 5.73 Å². The Labute approximate surface area is 105 Å². The molecule has 0 unspecified atom stereocenters. The van der Waals surface area contributed by atoms with E-state index in [1.54, 1.807) is 6.20 Å². The largest absolute Gasteiger partial charge is 0.398 e. The first-order chi connectivity index (χ1) is 7.86. The SMILES string of the molecule is Cl.Nc1cccc2c1cnn2-c1ccccc1. The third-order valence-electron chi connectivity index (χ3n) is 2.65. The first-order valence-corrected chi connectivity index (χ1v) is 5.14. The highest BCUT2D eigenvalue weighted by atomic mass is 35.5. The summed E-state index contributed by atoms with van der Waals surface area (Å²) in [6.45, 7) is 0. The van der Waals surface area contributed by atoms with Crippen LogP contribution in [0.4, 0.5) is 5.69 Å². The molecule has 0 atom stereocenters. The highest BCUT2D eigenvalue weighted by Gasteiger charge is 2.05. The smallest absolute Gasteiger partial charge is 0.0761 e. The van der Waals surface area contributed by atoms with Crippen LogP contribution < -0.4 is 5.73 Å². The molecule has 1 aromatic heterocycles. The molecule has 17 heavy (non-hydrogen) atoms. The quantitative estimate of drug-likeness (QED) is 0.670. The number of anilines is 1. The summed E-state index contributed by atoms with van der Waals surface area (Å²) in [5, 5.41) is 5.36. The minimum atomic E-state index is 0. The van der Waals surface area contributed by atoms with Gasteiger partial charge in [-0.1, -0.05) is 24.3 Å². The lowest BCUT2D eigenvalue weighted by Gasteiger charge is -2.03. The summed E-state index contributed by atoms with van der Waals surface area (Å²) in [6, 6.07) is 15.9. The predicted octanol–water partition coefficient (Wildman–Crippen LogP) is 3.03. The van der Waals surface area contributed by atoms with Crippen LogP contribution in [0.1, 0.15) is 0 Å². The second-order valence-corrected chi connectivity index (χ2v) is 3.67. The van der Waals surface area contributed by atoms with Crippen molar-refractivity contribution in [3.63, 3.8) is 0 Å². The standard InChI is InChI=1S/C13H11N3.ClH/c14-12-7-4-8-13-11(12)9-15-16(13)10-5-2-1-3-6-10;/h1-9H,14H2;1H. The van der Waals surface area contributed by atoms with Crippen molar-refractivity contribution >= 4 is 29.0 Å². The van der Waals surface area contributed by atoms with Gasteiger partial charge in [0.25, 0.3) is 0 Å². The summed E-state index contributed by atoms with van der Waals surface area (Å²) < 4.78 is 1.89. The van der Waals surface area contributed by atoms with Crippen molar-refractivity contribution in [2.45, 2.75) is 0 Å². The topological polar surface area (TPSA) is 43.8 Å². The number of fused-ring (bicyclic) bond motifs is 1. The van der Waals surface area contributed by atoms with Gasteiger partial charge in [-0.25, -0.2) is 4.68 Å². The van der Waals surface area contributed by atoms with Crippen LogP contribution in [0.3, 0.4) is 0 Å². The molecule has 1 heterocycles. The summed E-state index contributed by atoms with van der Waals surface area (Å²) in [5.41, 5.74) is 8.74. The first kappa shape index (κ1) is 11.5. The van der Waals surface area contributed by atoms with Crippen molar-refractivity contribution in [3.8, 4) is 5.69 Å². The molecule has 86 valence electrons. The molecule has 0 aliphatic carbocycles. The Morgan fingerprint density at radius 3 is 2.47 bits per heavy atom. The van der Waals surface area contributed by atoms with Gasteiger partial charge in [-0.2, -0.15) is 5.10 Å². The molecular weight excluding hydrogens is 234 g/mol. The maximum absolute atomic E-state index is 5.89. The lowest BCUT2D eigenvalue weighted by Crippen LogP contribution is -1.95. The third-order valence-corrected chi connectivity index (χ3v) is 2.65. The molecule has 3 aromatic rings. The highest BCUT2D eigenvalue weighted by Crippen LogP contribution is 2.22. The molecule has 0 fully saturated rings. The summed E-state index contributed by atoms with van der Waals surface area (Å²) in [5.74, 6) is 0. The zero-order valence-corrected chi connectivity index (χ0v) is 9.89. The van der Waals surface area contributed by atoms with Gasteiger partial charge in [-0.05, 0) is 24.3 Å². The van der Waals surface area contributed by atoms with Crippen molar-refractivity contribution in [1.82, 2.24) is 9.78 Å². The van der Waals surface area contributed by atoms with Crippen LogP contribution >= 0.6 is 12.4 Å². The Morgan fingerprint density at radius 1 is 0.941 bits per heavy atom. The number of nitrogens with two attached hydrogens (primary N) is 1. The summed E-state index contributed by atoms with van der Waals surface area (Å²) >= 11 is 0. The minimum Gasteiger partial charge on any atom is -0.398 e. The summed E-state index contributed by atoms with van der Waals surface area (Å²) in [4.78, 5) is 0. The Bertz CT molecular complexity index is 631. The van der Waals surface area contributed by atoms with E-state index in [1.165, 1.54) is 0 Å². The van der Waals surface area contributed by atoms with E-state index in [2.05, 4.69) is 5.10 Å². The fourth-order valence-electron chi connectivity index (χ4n) is 1.85. The van der Waals surface area contributed by atoms with Gasteiger partial charge in [0.05, 0.1) is 17.4 Å². The Morgan fingerprint density at radius 2 is 1.71 bits per heavy atom. The number of rotatable bonds is 1. The fourth-order valence-corrected chi connectivity index (χ4v) is 1.85. The first-order valence-electron chi connectivity index (χ1n) is 5.14. The molecule has 0 saturated carbocycles. The van der Waals surface area contributed by atoms with E-state index < -0.39 is 0 Å². The summed E-state index contributed by atoms with van der Waals surface area (Å²) in [7, 11) is 0. The predicted molar refractivity (Wildman–Crippen MR) is 72.7 cm³/mol. The second kappa shape index (κ2) is 4.47. The zero-order valence-electron chi connectivity index (χ0n) is 9.08. The number of hydrogen-bond donors (Lipinski definition) is 1. The molecule has 3 rings (SSSR count). The van der Waals surface area contributed by atoms with Crippen LogP contribution in [0.25, 0.3) is 16.6 Å². The molecular formula is C13H12ClN3. The molecule has 0 saturated heterocycles. The lowest BCUT2D eigenvalue weighted by molar-refractivity contribution is 0.911.